The Hall–Kier alpha value is -3.80. The van der Waals surface area contributed by atoms with Gasteiger partial charge in [0.2, 0.25) is 0 Å². The predicted octanol–water partition coefficient (Wildman–Crippen LogP) is 11.8. The van der Waals surface area contributed by atoms with Gasteiger partial charge >= 0.3 is 0 Å². The lowest BCUT2D eigenvalue weighted by Gasteiger charge is -2.41. The highest BCUT2D eigenvalue weighted by Gasteiger charge is 2.42. The molecule has 0 aliphatic carbocycles. The number of Topliss-reactive ketones (excluding diaryl/α,β-unsaturated/α-hetero) is 1. The van der Waals surface area contributed by atoms with E-state index >= 15 is 0 Å². The Kier molecular flexibility index (Phi) is 9.21. The molecule has 1 fully saturated rings. The number of aryl methyl sites for hydroxylation is 2. The fourth-order valence-electron chi connectivity index (χ4n) is 7.05. The van der Waals surface area contributed by atoms with E-state index < -0.39 is 7.92 Å². The maximum Gasteiger partial charge on any atom is 0.134 e. The Morgan fingerprint density at radius 1 is 0.533 bits per heavy atom. The first-order valence-electron chi connectivity index (χ1n) is 16.5. The van der Waals surface area contributed by atoms with Crippen LogP contribution in [0.4, 0.5) is 0 Å². The van der Waals surface area contributed by atoms with Crippen LogP contribution in [0.5, 0.6) is 0 Å². The fourth-order valence-corrected chi connectivity index (χ4v) is 10.8. The van der Waals surface area contributed by atoms with Gasteiger partial charge in [-0.25, -0.2) is 0 Å². The summed E-state index contributed by atoms with van der Waals surface area (Å²) in [5.41, 5.74) is 13.3. The van der Waals surface area contributed by atoms with Gasteiger partial charge in [-0.1, -0.05) is 151 Å². The molecular weight excluding hydrogens is 563 g/mol. The molecule has 1 heterocycles. The van der Waals surface area contributed by atoms with Crippen molar-refractivity contribution < 1.29 is 4.79 Å². The molecule has 1 aliphatic heterocycles. The highest BCUT2D eigenvalue weighted by atomic mass is 31.1. The van der Waals surface area contributed by atoms with Crippen LogP contribution in [-0.2, 0) is 4.79 Å². The van der Waals surface area contributed by atoms with Crippen LogP contribution in [-0.4, -0.2) is 5.78 Å². The van der Waals surface area contributed by atoms with Gasteiger partial charge in [-0.15, -0.1) is 0 Å². The lowest BCUT2D eigenvalue weighted by atomic mass is 9.94. The van der Waals surface area contributed by atoms with Gasteiger partial charge < -0.3 is 0 Å². The molecule has 2 heteroatoms. The smallest absolute Gasteiger partial charge is 0.134 e. The van der Waals surface area contributed by atoms with Crippen LogP contribution >= 0.6 is 7.92 Å². The fraction of sp³-hybridized carbons (Fsp3) is 0.279. The summed E-state index contributed by atoms with van der Waals surface area (Å²) in [6, 6.07) is 42.8. The largest absolute Gasteiger partial charge is 0.300 e. The Balaban J connectivity index is 1.70. The quantitative estimate of drug-likeness (QED) is 0.168. The molecule has 6 rings (SSSR count). The minimum Gasteiger partial charge on any atom is -0.300 e. The number of hydrogen-bond donors (Lipinski definition) is 0. The average molecular weight is 609 g/mol. The van der Waals surface area contributed by atoms with Gasteiger partial charge in [0.05, 0.1) is 0 Å². The molecular formula is C43H45OP. The lowest BCUT2D eigenvalue weighted by Crippen LogP contribution is -2.26. The molecule has 0 bridgehead atoms. The zero-order valence-corrected chi connectivity index (χ0v) is 28.4. The standard InChI is InChI=1S/C43H45OP/c1-28(2)32-16-11-18-34(24-32)41-26-36(44)27-42(35-19-12-17-33(25-35)29(3)4)45(41)43-39(37-20-9-7-14-30(37)5)22-13-23-40(43)38-21-10-8-15-31(38)6/h7-25,28-29,41-42H,26-27H2,1-6H3. The molecule has 2 unspecified atom stereocenters. The maximum atomic E-state index is 13.9. The van der Waals surface area contributed by atoms with E-state index in [1.54, 1.807) is 0 Å². The number of benzene rings is 5. The molecule has 0 spiro atoms. The van der Waals surface area contributed by atoms with E-state index in [1.165, 1.54) is 60.9 Å². The van der Waals surface area contributed by atoms with Crippen LogP contribution < -0.4 is 5.30 Å². The van der Waals surface area contributed by atoms with Crippen molar-refractivity contribution in [2.24, 2.45) is 0 Å². The van der Waals surface area contributed by atoms with E-state index in [0.29, 0.717) is 30.5 Å². The third kappa shape index (κ3) is 6.34. The summed E-state index contributed by atoms with van der Waals surface area (Å²) in [7, 11) is -0.871. The molecule has 45 heavy (non-hydrogen) atoms. The molecule has 228 valence electrons. The van der Waals surface area contributed by atoms with Gasteiger partial charge in [-0.3, -0.25) is 4.79 Å². The summed E-state index contributed by atoms with van der Waals surface area (Å²) in [4.78, 5) is 13.9. The topological polar surface area (TPSA) is 17.1 Å². The molecule has 0 aromatic heterocycles. The van der Waals surface area contributed by atoms with Crippen molar-refractivity contribution in [1.82, 2.24) is 0 Å². The van der Waals surface area contributed by atoms with Gasteiger partial charge in [-0.05, 0) is 86.6 Å². The van der Waals surface area contributed by atoms with E-state index in [-0.39, 0.29) is 11.3 Å². The second-order valence-electron chi connectivity index (χ2n) is 13.4. The first-order chi connectivity index (χ1) is 21.7. The van der Waals surface area contributed by atoms with Crippen LogP contribution in [0, 0.1) is 13.8 Å². The van der Waals surface area contributed by atoms with Gasteiger partial charge in [0.15, 0.2) is 0 Å². The van der Waals surface area contributed by atoms with Crippen molar-refractivity contribution in [2.75, 3.05) is 0 Å². The number of ketones is 1. The minimum atomic E-state index is -0.871. The highest BCUT2D eigenvalue weighted by Crippen LogP contribution is 2.68. The van der Waals surface area contributed by atoms with Gasteiger partial charge in [0.1, 0.15) is 5.78 Å². The summed E-state index contributed by atoms with van der Waals surface area (Å²) in [6.07, 6.45) is 1.17. The third-order valence-electron chi connectivity index (χ3n) is 9.60. The van der Waals surface area contributed by atoms with Crippen LogP contribution in [0.25, 0.3) is 22.3 Å². The summed E-state index contributed by atoms with van der Waals surface area (Å²) in [5.74, 6) is 1.23. The van der Waals surface area contributed by atoms with Crippen LogP contribution in [0.15, 0.2) is 115 Å². The average Bonchev–Trinajstić information content (AvgIpc) is 3.05. The first kappa shape index (κ1) is 31.2. The van der Waals surface area contributed by atoms with Gasteiger partial charge in [-0.2, -0.15) is 0 Å². The predicted molar refractivity (Wildman–Crippen MR) is 194 cm³/mol. The Morgan fingerprint density at radius 3 is 1.36 bits per heavy atom. The molecule has 0 amide bonds. The van der Waals surface area contributed by atoms with E-state index in [4.69, 9.17) is 0 Å². The van der Waals surface area contributed by atoms with Gasteiger partial charge in [0.25, 0.3) is 0 Å². The molecule has 2 atom stereocenters. The second-order valence-corrected chi connectivity index (χ2v) is 15.9. The van der Waals surface area contributed by atoms with Crippen molar-refractivity contribution >= 4 is 19.0 Å². The zero-order valence-electron chi connectivity index (χ0n) is 27.5. The van der Waals surface area contributed by atoms with Crippen molar-refractivity contribution in [2.45, 2.75) is 77.5 Å². The Bertz CT molecular complexity index is 1700. The number of rotatable bonds is 7. The summed E-state index contributed by atoms with van der Waals surface area (Å²) in [5, 5.41) is 1.43. The highest BCUT2D eigenvalue weighted by molar-refractivity contribution is 7.67. The SMILES string of the molecule is Cc1ccccc1-c1cccc(-c2ccccc2C)c1P1C(c2cccc(C(C)C)c2)CC(=O)CC1c1cccc(C(C)C)c1. The number of carbonyl (C=O) groups excluding carboxylic acids is 1. The van der Waals surface area contributed by atoms with E-state index in [1.807, 2.05) is 0 Å². The normalized spacial score (nSPS) is 18.5. The number of carbonyl (C=O) groups is 1. The van der Waals surface area contributed by atoms with Crippen molar-refractivity contribution in [1.29, 1.82) is 0 Å². The van der Waals surface area contributed by atoms with Crippen molar-refractivity contribution in [3.8, 4) is 22.3 Å². The minimum absolute atomic E-state index is 0.126. The van der Waals surface area contributed by atoms with Crippen LogP contribution in [0.3, 0.4) is 0 Å². The molecule has 1 saturated heterocycles. The first-order valence-corrected chi connectivity index (χ1v) is 18.0. The molecule has 1 nitrogen and oxygen atoms in total. The van der Waals surface area contributed by atoms with E-state index in [2.05, 4.69) is 157 Å². The second kappa shape index (κ2) is 13.3. The van der Waals surface area contributed by atoms with Crippen LogP contribution in [0.1, 0.15) is 97.1 Å². The molecule has 5 aromatic rings. The molecule has 5 aromatic carbocycles. The monoisotopic (exact) mass is 608 g/mol. The molecule has 0 radical (unpaired) electrons. The van der Waals surface area contributed by atoms with E-state index in [0.717, 1.165) is 0 Å². The lowest BCUT2D eigenvalue weighted by molar-refractivity contribution is -0.119. The van der Waals surface area contributed by atoms with Crippen molar-refractivity contribution in [3.63, 3.8) is 0 Å². The Morgan fingerprint density at radius 2 is 0.933 bits per heavy atom. The number of hydrogen-bond acceptors (Lipinski definition) is 1. The molecule has 0 N–H and O–H groups in total. The Labute approximate surface area is 271 Å². The van der Waals surface area contributed by atoms with Crippen molar-refractivity contribution in [3.05, 3.63) is 149 Å². The summed E-state index contributed by atoms with van der Waals surface area (Å²) < 4.78 is 0. The molecule has 1 aliphatic rings. The summed E-state index contributed by atoms with van der Waals surface area (Å²) >= 11 is 0. The van der Waals surface area contributed by atoms with Gasteiger partial charge in [0, 0.05) is 24.2 Å². The zero-order chi connectivity index (χ0) is 31.7. The van der Waals surface area contributed by atoms with E-state index in [9.17, 15) is 4.79 Å². The maximum absolute atomic E-state index is 13.9. The molecule has 0 saturated carbocycles. The van der Waals surface area contributed by atoms with Crippen LogP contribution in [0.2, 0.25) is 0 Å². The summed E-state index contributed by atoms with van der Waals surface area (Å²) in [6.45, 7) is 13.5. The third-order valence-corrected chi connectivity index (χ3v) is 12.9.